The molecule has 2 aromatic carbocycles. The summed E-state index contributed by atoms with van der Waals surface area (Å²) >= 11 is 0. The number of hydrogen-bond acceptors (Lipinski definition) is 1. The van der Waals surface area contributed by atoms with Crippen LogP contribution in [0.1, 0.15) is 67.2 Å². The monoisotopic (exact) mass is 372 g/mol. The van der Waals surface area contributed by atoms with Crippen molar-refractivity contribution in [1.29, 1.82) is 0 Å². The molecule has 5 atom stereocenters. The van der Waals surface area contributed by atoms with E-state index in [4.69, 9.17) is 0 Å². The highest BCUT2D eigenvalue weighted by Crippen LogP contribution is 2.63. The summed E-state index contributed by atoms with van der Waals surface area (Å²) in [4.78, 5) is 0. The van der Waals surface area contributed by atoms with Gasteiger partial charge in [0, 0.05) is 0 Å². The molecule has 2 fully saturated rings. The summed E-state index contributed by atoms with van der Waals surface area (Å²) in [5.74, 6) is 3.17. The Kier molecular flexibility index (Phi) is 4.67. The SMILES string of the molecule is C[C@]12CC[C@@H]3c4ccc(CO)cc4CC[C@H]3[C@@H]1CC[C@@H]2/C=C\c1ccccc1. The summed E-state index contributed by atoms with van der Waals surface area (Å²) < 4.78 is 0. The largest absolute Gasteiger partial charge is 0.392 e. The van der Waals surface area contributed by atoms with Gasteiger partial charge in [-0.15, -0.1) is 0 Å². The highest BCUT2D eigenvalue weighted by atomic mass is 16.3. The molecular formula is C27H32O. The fourth-order valence-corrected chi connectivity index (χ4v) is 6.88. The summed E-state index contributed by atoms with van der Waals surface area (Å²) in [7, 11) is 0. The Bertz CT molecular complexity index is 867. The van der Waals surface area contributed by atoms with Crippen LogP contribution in [0.4, 0.5) is 0 Å². The Morgan fingerprint density at radius 1 is 1.04 bits per heavy atom. The molecule has 0 unspecified atom stereocenters. The van der Waals surface area contributed by atoms with E-state index in [1.807, 2.05) is 0 Å². The van der Waals surface area contributed by atoms with E-state index in [2.05, 4.69) is 67.6 Å². The lowest BCUT2D eigenvalue weighted by Gasteiger charge is -2.50. The number of hydrogen-bond donors (Lipinski definition) is 1. The Hall–Kier alpha value is -1.86. The predicted octanol–water partition coefficient (Wildman–Crippen LogP) is 6.36. The maximum atomic E-state index is 9.48. The van der Waals surface area contributed by atoms with Crippen LogP contribution in [-0.4, -0.2) is 5.11 Å². The van der Waals surface area contributed by atoms with Crippen LogP contribution in [0.5, 0.6) is 0 Å². The molecule has 146 valence electrons. The topological polar surface area (TPSA) is 20.2 Å². The van der Waals surface area contributed by atoms with Gasteiger partial charge in [0.15, 0.2) is 0 Å². The zero-order valence-electron chi connectivity index (χ0n) is 17.0. The van der Waals surface area contributed by atoms with Crippen molar-refractivity contribution >= 4 is 6.08 Å². The summed E-state index contributed by atoms with van der Waals surface area (Å²) in [6, 6.07) is 17.5. The molecule has 0 saturated heterocycles. The van der Waals surface area contributed by atoms with Crippen LogP contribution in [0, 0.1) is 23.2 Å². The van der Waals surface area contributed by atoms with Gasteiger partial charge >= 0.3 is 0 Å². The van der Waals surface area contributed by atoms with E-state index in [1.54, 1.807) is 5.56 Å². The molecule has 0 aliphatic heterocycles. The number of benzene rings is 2. The van der Waals surface area contributed by atoms with Crippen molar-refractivity contribution in [1.82, 2.24) is 0 Å². The minimum absolute atomic E-state index is 0.164. The number of fused-ring (bicyclic) bond motifs is 5. The lowest BCUT2D eigenvalue weighted by molar-refractivity contribution is 0.0411. The number of aliphatic hydroxyl groups excluding tert-OH is 1. The Morgan fingerprint density at radius 2 is 1.89 bits per heavy atom. The minimum atomic E-state index is 0.164. The Morgan fingerprint density at radius 3 is 2.71 bits per heavy atom. The highest BCUT2D eigenvalue weighted by Gasteiger charge is 2.53. The van der Waals surface area contributed by atoms with E-state index in [1.165, 1.54) is 49.7 Å². The van der Waals surface area contributed by atoms with E-state index >= 15 is 0 Å². The number of allylic oxidation sites excluding steroid dienone is 1. The van der Waals surface area contributed by atoms with E-state index in [9.17, 15) is 5.11 Å². The molecule has 3 aliphatic carbocycles. The molecule has 3 aliphatic rings. The van der Waals surface area contributed by atoms with Gasteiger partial charge in [-0.25, -0.2) is 0 Å². The van der Waals surface area contributed by atoms with E-state index in [0.29, 0.717) is 5.41 Å². The molecule has 0 heterocycles. The van der Waals surface area contributed by atoms with Gasteiger partial charge in [0.25, 0.3) is 0 Å². The summed E-state index contributed by atoms with van der Waals surface area (Å²) in [5, 5.41) is 9.48. The van der Waals surface area contributed by atoms with Crippen molar-refractivity contribution in [3.63, 3.8) is 0 Å². The molecule has 0 amide bonds. The zero-order valence-corrected chi connectivity index (χ0v) is 17.0. The van der Waals surface area contributed by atoms with Crippen molar-refractivity contribution in [2.45, 2.75) is 58.0 Å². The van der Waals surface area contributed by atoms with E-state index in [-0.39, 0.29) is 6.61 Å². The normalized spacial score (nSPS) is 34.1. The van der Waals surface area contributed by atoms with Gasteiger partial charge in [-0.05, 0) is 89.9 Å². The van der Waals surface area contributed by atoms with Crippen molar-refractivity contribution in [3.05, 3.63) is 76.9 Å². The molecule has 1 N–H and O–H groups in total. The second-order valence-electron chi connectivity index (χ2n) is 9.60. The average Bonchev–Trinajstić information content (AvgIpc) is 3.08. The van der Waals surface area contributed by atoms with E-state index < -0.39 is 0 Å². The van der Waals surface area contributed by atoms with Gasteiger partial charge in [0.2, 0.25) is 0 Å². The maximum absolute atomic E-state index is 9.48. The predicted molar refractivity (Wildman–Crippen MR) is 116 cm³/mol. The minimum Gasteiger partial charge on any atom is -0.392 e. The third-order valence-corrected chi connectivity index (χ3v) is 8.37. The fourth-order valence-electron chi connectivity index (χ4n) is 6.88. The first-order chi connectivity index (χ1) is 13.7. The fraction of sp³-hybridized carbons (Fsp3) is 0.481. The Labute approximate surface area is 169 Å². The summed E-state index contributed by atoms with van der Waals surface area (Å²) in [6.45, 7) is 2.75. The van der Waals surface area contributed by atoms with Crippen LogP contribution >= 0.6 is 0 Å². The van der Waals surface area contributed by atoms with Crippen LogP contribution in [0.2, 0.25) is 0 Å². The lowest BCUT2D eigenvalue weighted by Crippen LogP contribution is -2.42. The van der Waals surface area contributed by atoms with Crippen LogP contribution in [0.15, 0.2) is 54.6 Å². The van der Waals surface area contributed by atoms with Gasteiger partial charge in [-0.3, -0.25) is 0 Å². The van der Waals surface area contributed by atoms with Gasteiger partial charge in [0.05, 0.1) is 6.61 Å². The smallest absolute Gasteiger partial charge is 0.0681 e. The number of aryl methyl sites for hydroxylation is 1. The molecular weight excluding hydrogens is 340 g/mol. The summed E-state index contributed by atoms with van der Waals surface area (Å²) in [5.41, 5.74) is 5.97. The van der Waals surface area contributed by atoms with Crippen LogP contribution in [0.3, 0.4) is 0 Å². The molecule has 0 spiro atoms. The molecule has 0 bridgehead atoms. The number of rotatable bonds is 3. The maximum Gasteiger partial charge on any atom is 0.0681 e. The van der Waals surface area contributed by atoms with Crippen LogP contribution < -0.4 is 0 Å². The zero-order chi connectivity index (χ0) is 19.1. The third kappa shape index (κ3) is 2.95. The highest BCUT2D eigenvalue weighted by molar-refractivity contribution is 5.49. The van der Waals surface area contributed by atoms with Crippen molar-refractivity contribution in [3.8, 4) is 0 Å². The molecule has 0 aromatic heterocycles. The van der Waals surface area contributed by atoms with Crippen molar-refractivity contribution in [2.24, 2.45) is 23.2 Å². The second-order valence-corrected chi connectivity index (χ2v) is 9.60. The molecule has 1 heteroatoms. The first-order valence-electron chi connectivity index (χ1n) is 11.1. The van der Waals surface area contributed by atoms with Crippen LogP contribution in [0.25, 0.3) is 6.08 Å². The standard InChI is InChI=1S/C27H32O/c1-27-16-15-24-23-12-8-20(18-28)17-21(23)9-13-25(24)26(27)14-11-22(27)10-7-19-5-3-2-4-6-19/h2-8,10,12,17,22,24-26,28H,9,11,13-16,18H2,1H3/b10-7-/t22-,24+,25+,26-,27+/m0/s1. The molecule has 5 rings (SSSR count). The quantitative estimate of drug-likeness (QED) is 0.664. The molecule has 28 heavy (non-hydrogen) atoms. The van der Waals surface area contributed by atoms with Gasteiger partial charge in [-0.1, -0.05) is 67.6 Å². The van der Waals surface area contributed by atoms with Gasteiger partial charge in [-0.2, -0.15) is 0 Å². The summed E-state index contributed by atoms with van der Waals surface area (Å²) in [6.07, 6.45) is 12.8. The first kappa shape index (κ1) is 18.2. The van der Waals surface area contributed by atoms with Crippen molar-refractivity contribution < 1.29 is 5.11 Å². The third-order valence-electron chi connectivity index (χ3n) is 8.37. The average molecular weight is 373 g/mol. The molecule has 1 nitrogen and oxygen atoms in total. The number of aliphatic hydroxyl groups is 1. The second kappa shape index (κ2) is 7.19. The lowest BCUT2D eigenvalue weighted by atomic mass is 9.54. The molecule has 0 radical (unpaired) electrons. The molecule has 2 saturated carbocycles. The first-order valence-corrected chi connectivity index (χ1v) is 11.1. The van der Waals surface area contributed by atoms with Gasteiger partial charge < -0.3 is 5.11 Å². The van der Waals surface area contributed by atoms with Gasteiger partial charge in [0.1, 0.15) is 0 Å². The van der Waals surface area contributed by atoms with E-state index in [0.717, 1.165) is 29.2 Å². The van der Waals surface area contributed by atoms with Crippen LogP contribution in [-0.2, 0) is 13.0 Å². The molecule has 2 aromatic rings. The Balaban J connectivity index is 1.38. The van der Waals surface area contributed by atoms with Crippen molar-refractivity contribution in [2.75, 3.05) is 0 Å².